The summed E-state index contributed by atoms with van der Waals surface area (Å²) in [5.74, 6) is -1.55. The highest BCUT2D eigenvalue weighted by molar-refractivity contribution is 5.94. The summed E-state index contributed by atoms with van der Waals surface area (Å²) in [5.41, 5.74) is 0. The van der Waals surface area contributed by atoms with E-state index in [2.05, 4.69) is 10.3 Å². The standard InChI is InChI=1S/C9H7F3N2O/c10-9(11,12)7(15)4-6-14-8-3-1-2-5-13-8/h1-6H,(H,13,14)/b6-4+. The molecule has 0 saturated heterocycles. The molecule has 1 aromatic rings. The van der Waals surface area contributed by atoms with E-state index >= 15 is 0 Å². The molecule has 0 fully saturated rings. The summed E-state index contributed by atoms with van der Waals surface area (Å²) >= 11 is 0. The summed E-state index contributed by atoms with van der Waals surface area (Å²) in [6.07, 6.45) is -2.04. The molecule has 0 aromatic carbocycles. The zero-order valence-electron chi connectivity index (χ0n) is 7.45. The fourth-order valence-corrected chi connectivity index (χ4v) is 0.745. The van der Waals surface area contributed by atoms with Gasteiger partial charge in [0.1, 0.15) is 5.82 Å². The summed E-state index contributed by atoms with van der Waals surface area (Å²) in [4.78, 5) is 14.2. The van der Waals surface area contributed by atoms with Gasteiger partial charge in [0.2, 0.25) is 0 Å². The van der Waals surface area contributed by atoms with Crippen molar-refractivity contribution in [2.75, 3.05) is 5.32 Å². The van der Waals surface area contributed by atoms with Crippen LogP contribution in [0.3, 0.4) is 0 Å². The van der Waals surface area contributed by atoms with Crippen LogP contribution in [0.2, 0.25) is 0 Å². The Morgan fingerprint density at radius 2 is 2.13 bits per heavy atom. The first-order valence-electron chi connectivity index (χ1n) is 3.95. The number of alkyl halides is 3. The molecular weight excluding hydrogens is 209 g/mol. The minimum Gasteiger partial charge on any atom is -0.347 e. The largest absolute Gasteiger partial charge is 0.454 e. The molecule has 0 aliphatic carbocycles. The summed E-state index contributed by atoms with van der Waals surface area (Å²) < 4.78 is 35.2. The van der Waals surface area contributed by atoms with Gasteiger partial charge >= 0.3 is 6.18 Å². The Labute approximate surface area is 83.6 Å². The van der Waals surface area contributed by atoms with Crippen LogP contribution in [0.4, 0.5) is 19.0 Å². The number of ketones is 1. The van der Waals surface area contributed by atoms with E-state index in [9.17, 15) is 18.0 Å². The quantitative estimate of drug-likeness (QED) is 0.787. The van der Waals surface area contributed by atoms with Crippen molar-refractivity contribution in [3.63, 3.8) is 0 Å². The number of carbonyl (C=O) groups excluding carboxylic acids is 1. The van der Waals surface area contributed by atoms with Crippen LogP contribution >= 0.6 is 0 Å². The Balaban J connectivity index is 2.51. The maximum Gasteiger partial charge on any atom is 0.454 e. The van der Waals surface area contributed by atoms with Gasteiger partial charge in [-0.2, -0.15) is 13.2 Å². The van der Waals surface area contributed by atoms with Crippen molar-refractivity contribution in [2.45, 2.75) is 6.18 Å². The molecule has 0 aliphatic heterocycles. The highest BCUT2D eigenvalue weighted by Crippen LogP contribution is 2.16. The summed E-state index contributed by atoms with van der Waals surface area (Å²) in [6.45, 7) is 0. The zero-order chi connectivity index (χ0) is 11.3. The summed E-state index contributed by atoms with van der Waals surface area (Å²) in [6, 6.07) is 4.88. The second-order valence-corrected chi connectivity index (χ2v) is 2.55. The predicted octanol–water partition coefficient (Wildman–Crippen LogP) is 2.14. The third-order valence-corrected chi connectivity index (χ3v) is 1.41. The van der Waals surface area contributed by atoms with Crippen molar-refractivity contribution in [1.29, 1.82) is 0 Å². The minimum absolute atomic E-state index is 0.365. The molecule has 1 heterocycles. The molecule has 0 aliphatic rings. The van der Waals surface area contributed by atoms with E-state index < -0.39 is 12.0 Å². The van der Waals surface area contributed by atoms with Crippen LogP contribution in [0.1, 0.15) is 0 Å². The lowest BCUT2D eigenvalue weighted by molar-refractivity contribution is -0.165. The number of nitrogens with zero attached hydrogens (tertiary/aromatic N) is 1. The second kappa shape index (κ2) is 4.59. The number of carbonyl (C=O) groups is 1. The van der Waals surface area contributed by atoms with E-state index in [4.69, 9.17) is 0 Å². The van der Waals surface area contributed by atoms with Crippen molar-refractivity contribution in [2.24, 2.45) is 0 Å². The van der Waals surface area contributed by atoms with Crippen molar-refractivity contribution in [3.8, 4) is 0 Å². The van der Waals surface area contributed by atoms with Crippen LogP contribution in [0, 0.1) is 0 Å². The number of anilines is 1. The van der Waals surface area contributed by atoms with Crippen LogP contribution < -0.4 is 5.32 Å². The van der Waals surface area contributed by atoms with Crippen LogP contribution in [0.15, 0.2) is 36.7 Å². The van der Waals surface area contributed by atoms with Gasteiger partial charge < -0.3 is 5.32 Å². The molecule has 0 saturated carbocycles. The third kappa shape index (κ3) is 3.80. The Morgan fingerprint density at radius 1 is 1.40 bits per heavy atom. The molecule has 0 amide bonds. The monoisotopic (exact) mass is 216 g/mol. The molecule has 0 unspecified atom stereocenters. The predicted molar refractivity (Wildman–Crippen MR) is 48.1 cm³/mol. The number of nitrogens with one attached hydrogen (secondary N) is 1. The van der Waals surface area contributed by atoms with Gasteiger partial charge in [-0.05, 0) is 12.1 Å². The number of hydrogen-bond acceptors (Lipinski definition) is 3. The normalized spacial score (nSPS) is 11.7. The van der Waals surface area contributed by atoms with Crippen molar-refractivity contribution < 1.29 is 18.0 Å². The van der Waals surface area contributed by atoms with Crippen molar-refractivity contribution >= 4 is 11.6 Å². The lowest BCUT2D eigenvalue weighted by Gasteiger charge is -2.00. The average molecular weight is 216 g/mol. The fourth-order valence-electron chi connectivity index (χ4n) is 0.745. The topological polar surface area (TPSA) is 42.0 Å². The number of pyridine rings is 1. The molecule has 1 aromatic heterocycles. The van der Waals surface area contributed by atoms with E-state index in [0.29, 0.717) is 11.9 Å². The van der Waals surface area contributed by atoms with Gasteiger partial charge in [0.15, 0.2) is 0 Å². The maximum atomic E-state index is 11.7. The minimum atomic E-state index is -4.83. The smallest absolute Gasteiger partial charge is 0.347 e. The van der Waals surface area contributed by atoms with E-state index in [1.165, 1.54) is 6.20 Å². The Kier molecular flexibility index (Phi) is 3.43. The van der Waals surface area contributed by atoms with Gasteiger partial charge in [0.25, 0.3) is 5.78 Å². The third-order valence-electron chi connectivity index (χ3n) is 1.41. The van der Waals surface area contributed by atoms with Crippen molar-refractivity contribution in [3.05, 3.63) is 36.7 Å². The lowest BCUT2D eigenvalue weighted by Crippen LogP contribution is -2.20. The number of hydrogen-bond donors (Lipinski definition) is 1. The first-order valence-corrected chi connectivity index (χ1v) is 3.95. The Morgan fingerprint density at radius 3 is 2.67 bits per heavy atom. The summed E-state index contributed by atoms with van der Waals surface area (Å²) in [5, 5.41) is 2.44. The number of allylic oxidation sites excluding steroid dienone is 1. The lowest BCUT2D eigenvalue weighted by atomic mass is 10.4. The van der Waals surface area contributed by atoms with Crippen LogP contribution in [0.5, 0.6) is 0 Å². The molecule has 0 atom stereocenters. The Bertz CT molecular complexity index is 359. The van der Waals surface area contributed by atoms with E-state index in [1.807, 2.05) is 0 Å². The number of rotatable bonds is 3. The van der Waals surface area contributed by atoms with E-state index in [-0.39, 0.29) is 0 Å². The van der Waals surface area contributed by atoms with Gasteiger partial charge in [-0.25, -0.2) is 4.98 Å². The highest BCUT2D eigenvalue weighted by Gasteiger charge is 2.35. The van der Waals surface area contributed by atoms with Gasteiger partial charge in [-0.1, -0.05) is 6.07 Å². The molecule has 1 N–H and O–H groups in total. The van der Waals surface area contributed by atoms with Gasteiger partial charge in [0.05, 0.1) is 0 Å². The van der Waals surface area contributed by atoms with Gasteiger partial charge in [-0.15, -0.1) is 0 Å². The molecule has 0 radical (unpaired) electrons. The second-order valence-electron chi connectivity index (χ2n) is 2.55. The molecule has 0 spiro atoms. The molecule has 80 valence electrons. The molecular formula is C9H7F3N2O. The first-order chi connectivity index (χ1) is 7.00. The van der Waals surface area contributed by atoms with Gasteiger partial charge in [0, 0.05) is 18.5 Å². The molecule has 3 nitrogen and oxygen atoms in total. The number of halogens is 3. The Hall–Kier alpha value is -1.85. The highest BCUT2D eigenvalue weighted by atomic mass is 19.4. The average Bonchev–Trinajstić information content (AvgIpc) is 2.18. The zero-order valence-corrected chi connectivity index (χ0v) is 7.45. The SMILES string of the molecule is O=C(/C=C/Nc1ccccn1)C(F)(F)F. The molecule has 15 heavy (non-hydrogen) atoms. The number of aromatic nitrogens is 1. The first kappa shape index (κ1) is 11.2. The van der Waals surface area contributed by atoms with Crippen LogP contribution in [-0.2, 0) is 4.79 Å². The molecule has 1 rings (SSSR count). The van der Waals surface area contributed by atoms with Crippen LogP contribution in [0.25, 0.3) is 0 Å². The van der Waals surface area contributed by atoms with E-state index in [1.54, 1.807) is 18.2 Å². The molecule has 0 bridgehead atoms. The molecule has 6 heteroatoms. The van der Waals surface area contributed by atoms with Crippen LogP contribution in [-0.4, -0.2) is 16.9 Å². The fraction of sp³-hybridized carbons (Fsp3) is 0.111. The summed E-state index contributed by atoms with van der Waals surface area (Å²) in [7, 11) is 0. The van der Waals surface area contributed by atoms with E-state index in [0.717, 1.165) is 6.20 Å². The van der Waals surface area contributed by atoms with Crippen molar-refractivity contribution in [1.82, 2.24) is 4.98 Å². The van der Waals surface area contributed by atoms with Gasteiger partial charge in [-0.3, -0.25) is 4.79 Å². The maximum absolute atomic E-state index is 11.7.